The summed E-state index contributed by atoms with van der Waals surface area (Å²) in [6.45, 7) is 0.862. The molecule has 0 spiro atoms. The monoisotopic (exact) mass is 690 g/mol. The lowest BCUT2D eigenvalue weighted by Crippen LogP contribution is -2.02. The molecule has 2 aromatic heterocycles. The summed E-state index contributed by atoms with van der Waals surface area (Å²) in [6.07, 6.45) is 6.43. The molecule has 6 rings (SSSR count). The average Bonchev–Trinajstić information content (AvgIpc) is 3.50. The van der Waals surface area contributed by atoms with Crippen LogP contribution in [0.3, 0.4) is 0 Å². The Hall–Kier alpha value is -5.30. The maximum Gasteiger partial charge on any atom is 0.153 e. The molecule has 0 saturated heterocycles. The van der Waals surface area contributed by atoms with Crippen molar-refractivity contribution in [3.8, 4) is 28.7 Å². The number of carbonyl (C=O) groups is 2. The summed E-state index contributed by atoms with van der Waals surface area (Å²) in [5, 5.41) is 15.1. The van der Waals surface area contributed by atoms with Gasteiger partial charge in [0.05, 0.1) is 34.4 Å². The number of aromatic nitrogens is 3. The number of hydrogen-bond donors (Lipinski definition) is 0. The predicted octanol–water partition coefficient (Wildman–Crippen LogP) is 8.22. The summed E-state index contributed by atoms with van der Waals surface area (Å²) >= 11 is 10.3. The number of hydrogen-bond acceptors (Lipinski definition) is 7. The van der Waals surface area contributed by atoms with E-state index >= 15 is 0 Å². The van der Waals surface area contributed by atoms with Crippen LogP contribution >= 0.6 is 27.5 Å². The number of nitriles is 1. The molecule has 0 amide bonds. The molecule has 0 saturated carbocycles. The van der Waals surface area contributed by atoms with Crippen LogP contribution in [0.4, 0.5) is 0 Å². The zero-order valence-corrected chi connectivity index (χ0v) is 26.5. The molecule has 10 heteroatoms. The third-order valence-electron chi connectivity index (χ3n) is 7.40. The highest BCUT2D eigenvalue weighted by Crippen LogP contribution is 2.37. The summed E-state index contributed by atoms with van der Waals surface area (Å²) < 4.78 is 14.9. The minimum atomic E-state index is 0.104. The van der Waals surface area contributed by atoms with Gasteiger partial charge in [-0.3, -0.25) is 19.3 Å². The van der Waals surface area contributed by atoms with Crippen LogP contribution in [-0.4, -0.2) is 27.3 Å². The van der Waals surface area contributed by atoms with Gasteiger partial charge in [-0.15, -0.1) is 0 Å². The first-order chi connectivity index (χ1) is 22.5. The third kappa shape index (κ3) is 6.54. The molecule has 6 aromatic rings. The topological polar surface area (TPSA) is 107 Å². The van der Waals surface area contributed by atoms with Gasteiger partial charge < -0.3 is 9.47 Å². The highest BCUT2D eigenvalue weighted by Gasteiger charge is 2.16. The molecule has 4 aromatic carbocycles. The first-order valence-corrected chi connectivity index (χ1v) is 15.3. The van der Waals surface area contributed by atoms with Gasteiger partial charge in [0, 0.05) is 45.0 Å². The minimum Gasteiger partial charge on any atom is -0.488 e. The van der Waals surface area contributed by atoms with Gasteiger partial charge in [-0.1, -0.05) is 66.2 Å². The zero-order valence-electron chi connectivity index (χ0n) is 24.2. The van der Waals surface area contributed by atoms with Crippen LogP contribution in [0.1, 0.15) is 43.0 Å². The van der Waals surface area contributed by atoms with Gasteiger partial charge in [-0.2, -0.15) is 10.4 Å². The second-order valence-electron chi connectivity index (χ2n) is 10.4. The van der Waals surface area contributed by atoms with Crippen molar-refractivity contribution in [1.82, 2.24) is 14.8 Å². The van der Waals surface area contributed by atoms with E-state index in [0.29, 0.717) is 41.0 Å². The number of fused-ring (bicyclic) bond motifs is 1. The van der Waals surface area contributed by atoms with Gasteiger partial charge in [-0.25, -0.2) is 0 Å². The summed E-state index contributed by atoms with van der Waals surface area (Å²) in [6, 6.07) is 26.3. The Labute approximate surface area is 277 Å². The van der Waals surface area contributed by atoms with Gasteiger partial charge in [0.15, 0.2) is 6.29 Å². The summed E-state index contributed by atoms with van der Waals surface area (Å²) in [5.41, 5.74) is 6.89. The fourth-order valence-corrected chi connectivity index (χ4v) is 5.88. The van der Waals surface area contributed by atoms with E-state index in [1.807, 2.05) is 59.4 Å². The van der Waals surface area contributed by atoms with Crippen molar-refractivity contribution in [3.05, 3.63) is 140 Å². The molecule has 8 nitrogen and oxygen atoms in total. The first kappa shape index (κ1) is 30.7. The van der Waals surface area contributed by atoms with E-state index in [9.17, 15) is 9.59 Å². The van der Waals surface area contributed by atoms with Crippen molar-refractivity contribution < 1.29 is 19.1 Å². The van der Waals surface area contributed by atoms with Crippen molar-refractivity contribution in [3.63, 3.8) is 0 Å². The molecule has 0 aliphatic heterocycles. The van der Waals surface area contributed by atoms with E-state index in [0.717, 1.165) is 43.9 Å². The Morgan fingerprint density at radius 3 is 2.41 bits per heavy atom. The number of halogens is 2. The number of pyridine rings is 1. The Morgan fingerprint density at radius 2 is 1.63 bits per heavy atom. The number of aldehydes is 2. The molecule has 0 bridgehead atoms. The van der Waals surface area contributed by atoms with E-state index in [1.165, 1.54) is 12.3 Å². The number of carbonyl (C=O) groups excluding carboxylic acids is 2. The van der Waals surface area contributed by atoms with Crippen molar-refractivity contribution in [2.24, 2.45) is 0 Å². The Morgan fingerprint density at radius 1 is 0.848 bits per heavy atom. The van der Waals surface area contributed by atoms with Crippen LogP contribution in [0.15, 0.2) is 102 Å². The largest absolute Gasteiger partial charge is 0.488 e. The molecule has 46 heavy (non-hydrogen) atoms. The maximum atomic E-state index is 11.8. The lowest BCUT2D eigenvalue weighted by atomic mass is 10.00. The highest BCUT2D eigenvalue weighted by molar-refractivity contribution is 9.10. The smallest absolute Gasteiger partial charge is 0.153 e. The number of nitrogens with zero attached hydrogens (tertiary/aromatic N) is 4. The lowest BCUT2D eigenvalue weighted by Gasteiger charge is -2.15. The van der Waals surface area contributed by atoms with Gasteiger partial charge in [0.2, 0.25) is 0 Å². The van der Waals surface area contributed by atoms with E-state index in [2.05, 4.69) is 32.1 Å². The molecule has 0 unspecified atom stereocenters. The fraction of sp³-hybridized carbons (Fsp3) is 0.0833. The maximum absolute atomic E-state index is 11.8. The fourth-order valence-electron chi connectivity index (χ4n) is 5.06. The Balaban J connectivity index is 1.23. The van der Waals surface area contributed by atoms with E-state index in [-0.39, 0.29) is 23.8 Å². The molecule has 0 aliphatic rings. The van der Waals surface area contributed by atoms with Crippen LogP contribution in [0.2, 0.25) is 5.02 Å². The van der Waals surface area contributed by atoms with Crippen LogP contribution < -0.4 is 9.47 Å². The number of benzene rings is 4. The summed E-state index contributed by atoms with van der Waals surface area (Å²) in [5.74, 6) is 0.654. The van der Waals surface area contributed by atoms with Crippen molar-refractivity contribution in [1.29, 1.82) is 5.26 Å². The number of ether oxygens (including phenoxy) is 2. The first-order valence-electron chi connectivity index (χ1n) is 14.1. The molecule has 0 radical (unpaired) electrons. The molecule has 2 heterocycles. The van der Waals surface area contributed by atoms with E-state index in [1.54, 1.807) is 30.5 Å². The minimum absolute atomic E-state index is 0.104. The van der Waals surface area contributed by atoms with Gasteiger partial charge in [0.1, 0.15) is 37.1 Å². The molecular weight excluding hydrogens is 668 g/mol. The standard InChI is InChI=1S/C36H24BrClN4O4/c37-36-27(22-46-35-13-34(28(20-44)12-32(35)38)45-21-26-11-25(14-39)15-40-16-26)3-1-5-30(36)29-4-2-6-33-31(29)17-41-42(33)18-23-7-9-24(19-43)10-8-23/h1-13,15-17,19-20H,18,21-22H2. The zero-order chi connectivity index (χ0) is 32.0. The molecule has 0 fully saturated rings. The summed E-state index contributed by atoms with van der Waals surface area (Å²) in [4.78, 5) is 26.8. The summed E-state index contributed by atoms with van der Waals surface area (Å²) in [7, 11) is 0. The second-order valence-corrected chi connectivity index (χ2v) is 11.6. The van der Waals surface area contributed by atoms with Crippen LogP contribution in [0.25, 0.3) is 22.0 Å². The molecule has 0 N–H and O–H groups in total. The Bertz CT molecular complexity index is 2120. The third-order valence-corrected chi connectivity index (χ3v) is 8.63. The van der Waals surface area contributed by atoms with Crippen molar-refractivity contribution in [2.45, 2.75) is 19.8 Å². The van der Waals surface area contributed by atoms with Crippen LogP contribution in [0, 0.1) is 11.3 Å². The average molecular weight is 692 g/mol. The number of rotatable bonds is 11. The normalized spacial score (nSPS) is 10.8. The lowest BCUT2D eigenvalue weighted by molar-refractivity contribution is 0.111. The SMILES string of the molecule is N#Cc1cncc(COc2cc(OCc3cccc(-c4cccc5c4cnn5Cc4ccc(C=O)cc4)c3Br)c(Cl)cc2C=O)c1. The molecule has 0 atom stereocenters. The molecular formula is C36H24BrClN4O4. The van der Waals surface area contributed by atoms with Gasteiger partial charge >= 0.3 is 0 Å². The van der Waals surface area contributed by atoms with Crippen molar-refractivity contribution in [2.75, 3.05) is 0 Å². The van der Waals surface area contributed by atoms with Crippen LogP contribution in [0.5, 0.6) is 11.5 Å². The van der Waals surface area contributed by atoms with Gasteiger partial charge in [0.25, 0.3) is 0 Å². The van der Waals surface area contributed by atoms with Gasteiger partial charge in [-0.05, 0) is 50.8 Å². The molecule has 0 aliphatic carbocycles. The van der Waals surface area contributed by atoms with Crippen LogP contribution in [-0.2, 0) is 19.8 Å². The Kier molecular flexibility index (Phi) is 9.20. The second kappa shape index (κ2) is 13.8. The predicted molar refractivity (Wildman–Crippen MR) is 178 cm³/mol. The van der Waals surface area contributed by atoms with Crippen molar-refractivity contribution >= 4 is 51.0 Å². The van der Waals surface area contributed by atoms with E-state index < -0.39 is 0 Å². The molecule has 226 valence electrons. The highest BCUT2D eigenvalue weighted by atomic mass is 79.9. The van der Waals surface area contributed by atoms with E-state index in [4.69, 9.17) is 26.3 Å². The quantitative estimate of drug-likeness (QED) is 0.126.